The van der Waals surface area contributed by atoms with Crippen molar-refractivity contribution in [2.24, 2.45) is 0 Å². The first-order valence-electron chi connectivity index (χ1n) is 3.56. The van der Waals surface area contributed by atoms with E-state index in [1.807, 2.05) is 0 Å². The average Bonchev–Trinajstić information content (AvgIpc) is 2.31. The molecule has 1 saturated heterocycles. The second kappa shape index (κ2) is 2.71. The summed E-state index contributed by atoms with van der Waals surface area (Å²) in [7, 11) is 0. The van der Waals surface area contributed by atoms with Crippen molar-refractivity contribution in [1.29, 1.82) is 0 Å². The topological polar surface area (TPSA) is 41.1 Å². The van der Waals surface area contributed by atoms with Crippen molar-refractivity contribution in [3.63, 3.8) is 0 Å². The second-order valence-electron chi connectivity index (χ2n) is 2.40. The SMILES string of the molecule is O=C1NNC2C#CC=CC=C=C12. The zero-order valence-corrected chi connectivity index (χ0v) is 6.22. The first-order chi connectivity index (χ1) is 5.88. The van der Waals surface area contributed by atoms with Crippen molar-refractivity contribution >= 4 is 5.91 Å². The third kappa shape index (κ3) is 1.06. The average molecular weight is 158 g/mol. The van der Waals surface area contributed by atoms with Gasteiger partial charge in [-0.25, -0.2) is 5.43 Å². The van der Waals surface area contributed by atoms with Gasteiger partial charge in [-0.3, -0.25) is 10.2 Å². The van der Waals surface area contributed by atoms with Crippen molar-refractivity contribution in [3.05, 3.63) is 29.5 Å². The molecule has 58 valence electrons. The van der Waals surface area contributed by atoms with Crippen molar-refractivity contribution < 1.29 is 4.79 Å². The summed E-state index contributed by atoms with van der Waals surface area (Å²) in [5, 5.41) is 0. The van der Waals surface area contributed by atoms with Crippen LogP contribution in [0.25, 0.3) is 0 Å². The lowest BCUT2D eigenvalue weighted by Crippen LogP contribution is -2.30. The first kappa shape index (κ1) is 6.93. The van der Waals surface area contributed by atoms with Crippen LogP contribution < -0.4 is 10.9 Å². The van der Waals surface area contributed by atoms with E-state index in [1.54, 1.807) is 18.2 Å². The van der Waals surface area contributed by atoms with Gasteiger partial charge in [0, 0.05) is 0 Å². The fourth-order valence-corrected chi connectivity index (χ4v) is 1.03. The van der Waals surface area contributed by atoms with Gasteiger partial charge in [-0.15, -0.1) is 5.73 Å². The molecule has 0 saturated carbocycles. The lowest BCUT2D eigenvalue weighted by atomic mass is 10.1. The van der Waals surface area contributed by atoms with Crippen LogP contribution in [0.5, 0.6) is 0 Å². The summed E-state index contributed by atoms with van der Waals surface area (Å²) in [4.78, 5) is 11.1. The summed E-state index contributed by atoms with van der Waals surface area (Å²) in [6.07, 6.45) is 5.15. The minimum Gasteiger partial charge on any atom is -0.286 e. The molecule has 0 radical (unpaired) electrons. The molecular weight excluding hydrogens is 152 g/mol. The Balaban J connectivity index is 2.49. The highest BCUT2D eigenvalue weighted by Crippen LogP contribution is 2.05. The molecule has 2 N–H and O–H groups in total. The van der Waals surface area contributed by atoms with Gasteiger partial charge in [0.25, 0.3) is 5.91 Å². The number of hydrogen-bond acceptors (Lipinski definition) is 2. The molecule has 1 atom stereocenters. The highest BCUT2D eigenvalue weighted by Gasteiger charge is 2.25. The number of fused-ring (bicyclic) bond motifs is 1. The van der Waals surface area contributed by atoms with Crippen LogP contribution in [-0.4, -0.2) is 11.9 Å². The number of hydrogen-bond donors (Lipinski definition) is 2. The summed E-state index contributed by atoms with van der Waals surface area (Å²) in [6.45, 7) is 0. The van der Waals surface area contributed by atoms with Crippen molar-refractivity contribution in [2.45, 2.75) is 6.04 Å². The summed E-state index contributed by atoms with van der Waals surface area (Å²) < 4.78 is 0. The van der Waals surface area contributed by atoms with Crippen LogP contribution in [0.4, 0.5) is 0 Å². The van der Waals surface area contributed by atoms with E-state index < -0.39 is 0 Å². The van der Waals surface area contributed by atoms with Crippen LogP contribution in [0.15, 0.2) is 29.5 Å². The highest BCUT2D eigenvalue weighted by atomic mass is 16.2. The molecule has 2 aliphatic rings. The second-order valence-corrected chi connectivity index (χ2v) is 2.40. The van der Waals surface area contributed by atoms with E-state index in [-0.39, 0.29) is 11.9 Å². The molecule has 1 heterocycles. The maximum absolute atomic E-state index is 11.1. The largest absolute Gasteiger partial charge is 0.286 e. The molecule has 3 heteroatoms. The van der Waals surface area contributed by atoms with E-state index in [0.29, 0.717) is 5.57 Å². The van der Waals surface area contributed by atoms with E-state index in [2.05, 4.69) is 28.4 Å². The molecule has 0 spiro atoms. The van der Waals surface area contributed by atoms with Gasteiger partial charge in [-0.05, 0) is 18.2 Å². The Hall–Kier alpha value is -1.75. The van der Waals surface area contributed by atoms with E-state index in [4.69, 9.17) is 0 Å². The quantitative estimate of drug-likeness (QED) is 0.373. The van der Waals surface area contributed by atoms with E-state index in [9.17, 15) is 4.79 Å². The molecule has 1 unspecified atom stereocenters. The van der Waals surface area contributed by atoms with Crippen molar-refractivity contribution in [2.75, 3.05) is 0 Å². The molecule has 1 amide bonds. The summed E-state index contributed by atoms with van der Waals surface area (Å²) in [6, 6.07) is -0.223. The van der Waals surface area contributed by atoms with Gasteiger partial charge in [-0.1, -0.05) is 11.8 Å². The highest BCUT2D eigenvalue weighted by molar-refractivity contribution is 5.97. The standard InChI is InChI=1S/C9H6N2O/c12-9-7-5-3-1-2-4-6-8(7)10-11-9/h1-3,8,10H,(H,11,12). The number of rotatable bonds is 0. The molecule has 0 bridgehead atoms. The number of carbonyl (C=O) groups is 1. The van der Waals surface area contributed by atoms with Crippen LogP contribution in [0, 0.1) is 11.8 Å². The van der Waals surface area contributed by atoms with Crippen molar-refractivity contribution in [1.82, 2.24) is 10.9 Å². The van der Waals surface area contributed by atoms with Gasteiger partial charge in [0.2, 0.25) is 0 Å². The Labute approximate surface area is 69.8 Å². The summed E-state index contributed by atoms with van der Waals surface area (Å²) in [5.41, 5.74) is 8.64. The molecule has 2 rings (SSSR count). The number of hydrazine groups is 1. The minimum atomic E-state index is -0.223. The van der Waals surface area contributed by atoms with Gasteiger partial charge < -0.3 is 0 Å². The van der Waals surface area contributed by atoms with Crippen LogP contribution in [-0.2, 0) is 4.79 Å². The fraction of sp³-hybridized carbons (Fsp3) is 0.111. The Kier molecular flexibility index (Phi) is 1.56. The van der Waals surface area contributed by atoms with Gasteiger partial charge in [0.05, 0.1) is 5.57 Å². The van der Waals surface area contributed by atoms with E-state index >= 15 is 0 Å². The number of nitrogens with one attached hydrogen (secondary N) is 2. The van der Waals surface area contributed by atoms with Gasteiger partial charge in [-0.2, -0.15) is 0 Å². The summed E-state index contributed by atoms with van der Waals surface area (Å²) in [5.74, 6) is 5.51. The van der Waals surface area contributed by atoms with Gasteiger partial charge >= 0.3 is 0 Å². The van der Waals surface area contributed by atoms with Crippen LogP contribution in [0.1, 0.15) is 0 Å². The monoisotopic (exact) mass is 158 g/mol. The number of amides is 1. The molecule has 0 aromatic rings. The molecular formula is C9H6N2O. The first-order valence-corrected chi connectivity index (χ1v) is 3.56. The number of allylic oxidation sites excluding steroid dienone is 2. The maximum atomic E-state index is 11.1. The molecule has 0 aromatic carbocycles. The van der Waals surface area contributed by atoms with Crippen molar-refractivity contribution in [3.8, 4) is 11.8 Å². The zero-order chi connectivity index (χ0) is 8.39. The zero-order valence-electron chi connectivity index (χ0n) is 6.22. The Morgan fingerprint density at radius 2 is 2.42 bits per heavy atom. The molecule has 1 aliphatic heterocycles. The molecule has 1 fully saturated rings. The third-order valence-corrected chi connectivity index (χ3v) is 1.61. The smallest absolute Gasteiger partial charge is 0.271 e. The minimum absolute atomic E-state index is 0.152. The molecule has 12 heavy (non-hydrogen) atoms. The fourth-order valence-electron chi connectivity index (χ4n) is 1.03. The van der Waals surface area contributed by atoms with E-state index in [1.165, 1.54) is 0 Å². The van der Waals surface area contributed by atoms with Gasteiger partial charge in [0.1, 0.15) is 6.04 Å². The van der Waals surface area contributed by atoms with E-state index in [0.717, 1.165) is 0 Å². The Morgan fingerprint density at radius 1 is 1.50 bits per heavy atom. The van der Waals surface area contributed by atoms with Crippen LogP contribution >= 0.6 is 0 Å². The maximum Gasteiger partial charge on any atom is 0.271 e. The molecule has 1 aliphatic carbocycles. The van der Waals surface area contributed by atoms with Crippen LogP contribution in [0.3, 0.4) is 0 Å². The number of carbonyl (C=O) groups excluding carboxylic acids is 1. The predicted molar refractivity (Wildman–Crippen MR) is 43.6 cm³/mol. The van der Waals surface area contributed by atoms with Gasteiger partial charge in [0.15, 0.2) is 0 Å². The van der Waals surface area contributed by atoms with Crippen LogP contribution in [0.2, 0.25) is 0 Å². The lowest BCUT2D eigenvalue weighted by molar-refractivity contribution is -0.116. The Morgan fingerprint density at radius 3 is 3.33 bits per heavy atom. The lowest BCUT2D eigenvalue weighted by Gasteiger charge is -1.97. The Bertz CT molecular complexity index is 375. The predicted octanol–water partition coefficient (Wildman–Crippen LogP) is -0.356. The third-order valence-electron chi connectivity index (χ3n) is 1.61. The molecule has 3 nitrogen and oxygen atoms in total. The molecule has 0 aromatic heterocycles. The summed E-state index contributed by atoms with van der Waals surface area (Å²) >= 11 is 0. The normalized spacial score (nSPS) is 24.5.